The first-order valence-electron chi connectivity index (χ1n) is 8.65. The van der Waals surface area contributed by atoms with Crippen LogP contribution in [0.3, 0.4) is 0 Å². The van der Waals surface area contributed by atoms with Crippen LogP contribution >= 0.6 is 0 Å². The zero-order chi connectivity index (χ0) is 18.1. The second-order valence-electron chi connectivity index (χ2n) is 5.47. The molecule has 1 aliphatic heterocycles. The first-order chi connectivity index (χ1) is 12.3. The first-order valence-corrected chi connectivity index (χ1v) is 8.65. The Morgan fingerprint density at radius 3 is 1.56 bits per heavy atom. The summed E-state index contributed by atoms with van der Waals surface area (Å²) in [6.45, 7) is 4.53. The van der Waals surface area contributed by atoms with Gasteiger partial charge in [-0.1, -0.05) is 0 Å². The Kier molecular flexibility index (Phi) is 14.4. The van der Waals surface area contributed by atoms with Crippen molar-refractivity contribution in [2.75, 3.05) is 99.1 Å². The molecular weight excluding hydrogens is 336 g/mol. The topological polar surface area (TPSA) is 105 Å². The molecule has 9 heteroatoms. The van der Waals surface area contributed by atoms with Crippen LogP contribution in [0.2, 0.25) is 0 Å². The minimum Gasteiger partial charge on any atom is -0.394 e. The van der Waals surface area contributed by atoms with Gasteiger partial charge in [0.2, 0.25) is 0 Å². The Morgan fingerprint density at radius 1 is 0.640 bits per heavy atom. The Balaban J connectivity index is 2.42. The third-order valence-electron chi connectivity index (χ3n) is 3.38. The molecule has 1 rings (SSSR count). The van der Waals surface area contributed by atoms with E-state index in [1.54, 1.807) is 0 Å². The molecule has 0 unspecified atom stereocenters. The van der Waals surface area contributed by atoms with Crippen LogP contribution in [-0.2, 0) is 33.2 Å². The lowest BCUT2D eigenvalue weighted by atomic mass is 10.1. The van der Waals surface area contributed by atoms with Gasteiger partial charge in [-0.3, -0.25) is 0 Å². The molecule has 0 amide bonds. The van der Waals surface area contributed by atoms with Crippen LogP contribution in [0.25, 0.3) is 0 Å². The van der Waals surface area contributed by atoms with Crippen LogP contribution in [0.15, 0.2) is 0 Å². The number of hydrogen-bond donors (Lipinski definition) is 2. The van der Waals surface area contributed by atoms with Gasteiger partial charge in [-0.25, -0.2) is 0 Å². The van der Waals surface area contributed by atoms with E-state index in [-0.39, 0.29) is 39.6 Å². The molecule has 150 valence electrons. The van der Waals surface area contributed by atoms with Gasteiger partial charge in [0.25, 0.3) is 0 Å². The van der Waals surface area contributed by atoms with Crippen LogP contribution < -0.4 is 0 Å². The van der Waals surface area contributed by atoms with Crippen LogP contribution in [0.4, 0.5) is 0 Å². The van der Waals surface area contributed by atoms with Gasteiger partial charge in [-0.05, 0) is 0 Å². The lowest BCUT2D eigenvalue weighted by Gasteiger charge is -2.31. The molecule has 0 atom stereocenters. The maximum Gasteiger partial charge on any atom is 0.138 e. The monoisotopic (exact) mass is 368 g/mol. The van der Waals surface area contributed by atoms with E-state index in [2.05, 4.69) is 0 Å². The molecule has 1 fully saturated rings. The van der Waals surface area contributed by atoms with Gasteiger partial charge < -0.3 is 43.4 Å². The molecule has 0 aromatic heterocycles. The summed E-state index contributed by atoms with van der Waals surface area (Å²) in [5.41, 5.74) is -0.969. The van der Waals surface area contributed by atoms with E-state index in [4.69, 9.17) is 38.3 Å². The molecule has 0 spiro atoms. The van der Waals surface area contributed by atoms with Gasteiger partial charge in [-0.2, -0.15) is 0 Å². The van der Waals surface area contributed by atoms with Crippen molar-refractivity contribution < 1.29 is 43.4 Å². The van der Waals surface area contributed by atoms with E-state index in [9.17, 15) is 5.11 Å². The molecule has 0 bridgehead atoms. The third-order valence-corrected chi connectivity index (χ3v) is 3.38. The third kappa shape index (κ3) is 11.8. The van der Waals surface area contributed by atoms with Crippen molar-refractivity contribution in [3.8, 4) is 0 Å². The minimum atomic E-state index is -0.969. The van der Waals surface area contributed by atoms with E-state index in [0.29, 0.717) is 59.5 Å². The lowest BCUT2D eigenvalue weighted by Crippen LogP contribution is -2.47. The van der Waals surface area contributed by atoms with Gasteiger partial charge in [0.1, 0.15) is 5.60 Å². The molecule has 25 heavy (non-hydrogen) atoms. The van der Waals surface area contributed by atoms with Gasteiger partial charge in [-0.15, -0.1) is 0 Å². The highest BCUT2D eigenvalue weighted by molar-refractivity contribution is 4.80. The molecule has 0 aromatic carbocycles. The van der Waals surface area contributed by atoms with E-state index < -0.39 is 5.60 Å². The molecule has 0 radical (unpaired) electrons. The number of ether oxygens (including phenoxy) is 7. The largest absolute Gasteiger partial charge is 0.394 e. The zero-order valence-corrected chi connectivity index (χ0v) is 14.9. The van der Waals surface area contributed by atoms with E-state index in [1.165, 1.54) is 0 Å². The predicted molar refractivity (Wildman–Crippen MR) is 87.8 cm³/mol. The summed E-state index contributed by atoms with van der Waals surface area (Å²) >= 11 is 0. The van der Waals surface area contributed by atoms with Crippen molar-refractivity contribution in [1.82, 2.24) is 0 Å². The van der Waals surface area contributed by atoms with Crippen molar-refractivity contribution >= 4 is 0 Å². The fourth-order valence-corrected chi connectivity index (χ4v) is 2.04. The second kappa shape index (κ2) is 15.9. The number of rotatable bonds is 7. The smallest absolute Gasteiger partial charge is 0.138 e. The molecule has 0 aliphatic carbocycles. The average Bonchev–Trinajstić information content (AvgIpc) is 2.63. The molecule has 2 N–H and O–H groups in total. The number of aliphatic hydroxyl groups excluding tert-OH is 2. The molecule has 1 saturated heterocycles. The second-order valence-corrected chi connectivity index (χ2v) is 5.47. The van der Waals surface area contributed by atoms with Crippen molar-refractivity contribution in [3.05, 3.63) is 0 Å². The first kappa shape index (κ1) is 22.7. The van der Waals surface area contributed by atoms with Gasteiger partial charge in [0.05, 0.1) is 99.1 Å². The van der Waals surface area contributed by atoms with Crippen molar-refractivity contribution in [2.45, 2.75) is 5.60 Å². The highest BCUT2D eigenvalue weighted by Gasteiger charge is 2.31. The summed E-state index contributed by atoms with van der Waals surface area (Å²) in [6, 6.07) is 0. The fourth-order valence-electron chi connectivity index (χ4n) is 2.04. The van der Waals surface area contributed by atoms with E-state index in [0.717, 1.165) is 0 Å². The summed E-state index contributed by atoms with van der Waals surface area (Å²) in [6.07, 6.45) is 0. The fraction of sp³-hybridized carbons (Fsp3) is 1.00. The van der Waals surface area contributed by atoms with Crippen LogP contribution in [-0.4, -0.2) is 115 Å². The molecule has 0 aromatic rings. The SMILES string of the molecule is OCCOCCOC1(CO)COCCOCCOCCOCCOC1. The summed E-state index contributed by atoms with van der Waals surface area (Å²) in [7, 11) is 0. The number of hydrogen-bond acceptors (Lipinski definition) is 9. The van der Waals surface area contributed by atoms with Crippen LogP contribution in [0.1, 0.15) is 0 Å². The molecule has 1 aliphatic rings. The predicted octanol–water partition coefficient (Wildman–Crippen LogP) is -1.16. The Labute approximate surface area is 149 Å². The Bertz CT molecular complexity index is 275. The van der Waals surface area contributed by atoms with E-state index in [1.807, 2.05) is 0 Å². The molecular formula is C16H32O9. The number of aliphatic hydroxyl groups is 2. The summed E-state index contributed by atoms with van der Waals surface area (Å²) in [4.78, 5) is 0. The molecule has 1 heterocycles. The van der Waals surface area contributed by atoms with Gasteiger partial charge in [0.15, 0.2) is 0 Å². The van der Waals surface area contributed by atoms with E-state index >= 15 is 0 Å². The standard InChI is InChI=1S/C16H32O9/c17-1-2-19-11-12-25-16(13-18)14-23-9-7-21-5-3-20-4-6-22-8-10-24-15-16/h17-18H,1-15H2. The maximum atomic E-state index is 9.79. The summed E-state index contributed by atoms with van der Waals surface area (Å²) < 4.78 is 38.2. The highest BCUT2D eigenvalue weighted by Crippen LogP contribution is 2.13. The molecule has 0 saturated carbocycles. The summed E-state index contributed by atoms with van der Waals surface area (Å²) in [5, 5.41) is 18.5. The highest BCUT2D eigenvalue weighted by atomic mass is 16.6. The van der Waals surface area contributed by atoms with Crippen molar-refractivity contribution in [1.29, 1.82) is 0 Å². The average molecular weight is 368 g/mol. The zero-order valence-electron chi connectivity index (χ0n) is 14.9. The maximum absolute atomic E-state index is 9.79. The Morgan fingerprint density at radius 2 is 1.12 bits per heavy atom. The summed E-state index contributed by atoms with van der Waals surface area (Å²) in [5.74, 6) is 0. The van der Waals surface area contributed by atoms with Crippen molar-refractivity contribution in [2.24, 2.45) is 0 Å². The van der Waals surface area contributed by atoms with Gasteiger partial charge >= 0.3 is 0 Å². The van der Waals surface area contributed by atoms with Gasteiger partial charge in [0, 0.05) is 0 Å². The normalized spacial score (nSPS) is 21.8. The van der Waals surface area contributed by atoms with Crippen LogP contribution in [0, 0.1) is 0 Å². The van der Waals surface area contributed by atoms with Crippen LogP contribution in [0.5, 0.6) is 0 Å². The quantitative estimate of drug-likeness (QED) is 0.538. The molecule has 9 nitrogen and oxygen atoms in total. The van der Waals surface area contributed by atoms with Crippen molar-refractivity contribution in [3.63, 3.8) is 0 Å². The Hall–Kier alpha value is -0.360. The lowest BCUT2D eigenvalue weighted by molar-refractivity contribution is -0.168. The minimum absolute atomic E-state index is 0.0393.